The molecule has 1 unspecified atom stereocenters. The molecule has 0 amide bonds. The molecule has 0 N–H and O–H groups in total. The summed E-state index contributed by atoms with van der Waals surface area (Å²) >= 11 is 0. The Hall–Kier alpha value is -3.04. The zero-order valence-electron chi connectivity index (χ0n) is 21.8. The van der Waals surface area contributed by atoms with Gasteiger partial charge in [0.2, 0.25) is 0 Å². The Bertz CT molecular complexity index is 1140. The second-order valence-corrected chi connectivity index (χ2v) is 10.2. The molecule has 1 heterocycles. The van der Waals surface area contributed by atoms with Crippen LogP contribution in [0.3, 0.4) is 0 Å². The van der Waals surface area contributed by atoms with Crippen molar-refractivity contribution < 1.29 is 11.0 Å². The number of carbonyl (C=O) groups excluding carboxylic acids is 2. The molecule has 1 aliphatic carbocycles. The molecule has 1 saturated heterocycles. The van der Waals surface area contributed by atoms with Crippen molar-refractivity contribution in [3.63, 3.8) is 0 Å². The standard InChI is InChI=1S/C25H29NO2.C8H10.H2/c1-18(27)22-9-10-24-23(17-22)8-7-21(25(24)28)13-16-26-14-11-20(12-15-26)19-5-3-2-4-6-19;1-2-8-6-4-3-5-7-8;/h2-6,9-10,17,20-21H,7-8,11-16H2,1H3;3-7H,2H2,1H3;1H. The van der Waals surface area contributed by atoms with Crippen molar-refractivity contribution in [3.05, 3.63) is 107 Å². The van der Waals surface area contributed by atoms with Crippen LogP contribution in [0.4, 0.5) is 0 Å². The van der Waals surface area contributed by atoms with E-state index in [0.29, 0.717) is 11.5 Å². The fraction of sp³-hybridized carbons (Fsp3) is 0.394. The smallest absolute Gasteiger partial charge is 0.166 e. The van der Waals surface area contributed by atoms with Gasteiger partial charge in [0, 0.05) is 18.5 Å². The second-order valence-electron chi connectivity index (χ2n) is 10.2. The van der Waals surface area contributed by atoms with Crippen LogP contribution in [-0.4, -0.2) is 36.1 Å². The topological polar surface area (TPSA) is 37.4 Å². The summed E-state index contributed by atoms with van der Waals surface area (Å²) in [5.41, 5.74) is 5.48. The summed E-state index contributed by atoms with van der Waals surface area (Å²) in [7, 11) is 0. The maximum Gasteiger partial charge on any atom is 0.166 e. The number of benzene rings is 3. The maximum atomic E-state index is 12.9. The van der Waals surface area contributed by atoms with E-state index in [1.807, 2.05) is 18.2 Å². The van der Waals surface area contributed by atoms with E-state index in [2.05, 4.69) is 66.4 Å². The third-order valence-corrected chi connectivity index (χ3v) is 7.81. The van der Waals surface area contributed by atoms with Crippen molar-refractivity contribution >= 4 is 11.6 Å². The lowest BCUT2D eigenvalue weighted by molar-refractivity contribution is 0.0876. The molecule has 190 valence electrons. The van der Waals surface area contributed by atoms with Crippen LogP contribution in [0.25, 0.3) is 0 Å². The van der Waals surface area contributed by atoms with Gasteiger partial charge in [0.05, 0.1) is 0 Å². The van der Waals surface area contributed by atoms with Gasteiger partial charge in [-0.15, -0.1) is 0 Å². The first-order valence-corrected chi connectivity index (χ1v) is 13.5. The van der Waals surface area contributed by atoms with Crippen LogP contribution in [-0.2, 0) is 12.8 Å². The molecular formula is C33H41NO2. The van der Waals surface area contributed by atoms with E-state index in [1.54, 1.807) is 13.0 Å². The van der Waals surface area contributed by atoms with Crippen molar-refractivity contribution in [2.24, 2.45) is 5.92 Å². The van der Waals surface area contributed by atoms with E-state index in [-0.39, 0.29) is 18.9 Å². The van der Waals surface area contributed by atoms with Crippen LogP contribution in [0.1, 0.15) is 84.3 Å². The number of likely N-dealkylation sites (tertiary alicyclic amines) is 1. The number of nitrogens with zero attached hydrogens (tertiary/aromatic N) is 1. The van der Waals surface area contributed by atoms with Crippen LogP contribution in [0.15, 0.2) is 78.9 Å². The second kappa shape index (κ2) is 12.8. The maximum absolute atomic E-state index is 12.9. The summed E-state index contributed by atoms with van der Waals surface area (Å²) in [5, 5.41) is 0. The minimum atomic E-state index is 0. The highest BCUT2D eigenvalue weighted by Gasteiger charge is 2.29. The molecule has 0 bridgehead atoms. The van der Waals surface area contributed by atoms with Crippen LogP contribution < -0.4 is 0 Å². The van der Waals surface area contributed by atoms with Gasteiger partial charge in [0.25, 0.3) is 0 Å². The summed E-state index contributed by atoms with van der Waals surface area (Å²) < 4.78 is 0. The molecule has 3 aromatic rings. The van der Waals surface area contributed by atoms with Gasteiger partial charge in [0.1, 0.15) is 0 Å². The van der Waals surface area contributed by atoms with Crippen LogP contribution in [0.2, 0.25) is 0 Å². The van der Waals surface area contributed by atoms with Gasteiger partial charge < -0.3 is 4.90 Å². The predicted octanol–water partition coefficient (Wildman–Crippen LogP) is 7.40. The van der Waals surface area contributed by atoms with E-state index in [4.69, 9.17) is 0 Å². The number of aryl methyl sites for hydroxylation is 2. The Morgan fingerprint density at radius 1 is 0.917 bits per heavy atom. The Balaban J connectivity index is 0.000000363. The zero-order valence-corrected chi connectivity index (χ0v) is 21.8. The van der Waals surface area contributed by atoms with E-state index < -0.39 is 0 Å². The number of hydrogen-bond donors (Lipinski definition) is 0. The molecule has 0 radical (unpaired) electrons. The summed E-state index contributed by atoms with van der Waals surface area (Å²) in [6, 6.07) is 26.9. The molecule has 3 aromatic carbocycles. The molecule has 5 rings (SSSR count). The Morgan fingerprint density at radius 2 is 1.58 bits per heavy atom. The lowest BCUT2D eigenvalue weighted by atomic mass is 9.80. The van der Waals surface area contributed by atoms with Gasteiger partial charge in [-0.3, -0.25) is 9.59 Å². The quantitative estimate of drug-likeness (QED) is 0.343. The third-order valence-electron chi connectivity index (χ3n) is 7.81. The molecule has 1 atom stereocenters. The zero-order chi connectivity index (χ0) is 25.3. The Labute approximate surface area is 218 Å². The Morgan fingerprint density at radius 3 is 2.19 bits per heavy atom. The first kappa shape index (κ1) is 26.0. The van der Waals surface area contributed by atoms with Gasteiger partial charge in [-0.2, -0.15) is 0 Å². The first-order chi connectivity index (χ1) is 17.5. The monoisotopic (exact) mass is 483 g/mol. The fourth-order valence-corrected chi connectivity index (χ4v) is 5.48. The minimum Gasteiger partial charge on any atom is -0.303 e. The molecule has 0 aromatic heterocycles. The molecular weight excluding hydrogens is 442 g/mol. The number of piperidine rings is 1. The summed E-state index contributed by atoms with van der Waals surface area (Å²) in [5.74, 6) is 1.14. The lowest BCUT2D eigenvalue weighted by Crippen LogP contribution is -2.35. The van der Waals surface area contributed by atoms with Gasteiger partial charge in [0.15, 0.2) is 11.6 Å². The molecule has 36 heavy (non-hydrogen) atoms. The number of Topliss-reactive ketones (excluding diaryl/α,β-unsaturated/α-hetero) is 2. The largest absolute Gasteiger partial charge is 0.303 e. The molecule has 0 spiro atoms. The fourth-order valence-electron chi connectivity index (χ4n) is 5.48. The number of hydrogen-bond acceptors (Lipinski definition) is 3. The Kier molecular flexibility index (Phi) is 9.24. The van der Waals surface area contributed by atoms with Crippen LogP contribution in [0, 0.1) is 5.92 Å². The highest BCUT2D eigenvalue weighted by Crippen LogP contribution is 2.31. The first-order valence-electron chi connectivity index (χ1n) is 13.5. The normalized spacial score (nSPS) is 18.2. The van der Waals surface area contributed by atoms with E-state index in [9.17, 15) is 9.59 Å². The van der Waals surface area contributed by atoms with Crippen molar-refractivity contribution in [1.29, 1.82) is 0 Å². The van der Waals surface area contributed by atoms with Crippen molar-refractivity contribution in [3.8, 4) is 0 Å². The van der Waals surface area contributed by atoms with Crippen molar-refractivity contribution in [2.45, 2.75) is 58.3 Å². The van der Waals surface area contributed by atoms with Gasteiger partial charge in [-0.1, -0.05) is 79.7 Å². The summed E-state index contributed by atoms with van der Waals surface area (Å²) in [6.45, 7) is 7.00. The highest BCUT2D eigenvalue weighted by molar-refractivity contribution is 6.02. The van der Waals surface area contributed by atoms with Crippen LogP contribution >= 0.6 is 0 Å². The lowest BCUT2D eigenvalue weighted by Gasteiger charge is -2.33. The molecule has 3 heteroatoms. The third kappa shape index (κ3) is 6.79. The van der Waals surface area contributed by atoms with E-state index in [1.165, 1.54) is 24.0 Å². The molecule has 3 nitrogen and oxygen atoms in total. The van der Waals surface area contributed by atoms with Gasteiger partial charge >= 0.3 is 0 Å². The van der Waals surface area contributed by atoms with Crippen LogP contribution in [0.5, 0.6) is 0 Å². The highest BCUT2D eigenvalue weighted by atomic mass is 16.1. The molecule has 0 saturated carbocycles. The number of fused-ring (bicyclic) bond motifs is 1. The summed E-state index contributed by atoms with van der Waals surface area (Å²) in [4.78, 5) is 27.0. The predicted molar refractivity (Wildman–Crippen MR) is 150 cm³/mol. The number of ketones is 2. The average Bonchev–Trinajstić information content (AvgIpc) is 2.94. The number of rotatable bonds is 6. The van der Waals surface area contributed by atoms with Crippen molar-refractivity contribution in [1.82, 2.24) is 4.90 Å². The van der Waals surface area contributed by atoms with Gasteiger partial charge in [-0.25, -0.2) is 0 Å². The molecule has 2 aliphatic rings. The van der Waals surface area contributed by atoms with E-state index in [0.717, 1.165) is 56.4 Å². The number of carbonyl (C=O) groups is 2. The SMILES string of the molecule is CC(=O)c1ccc2c(c1)CCC(CCN1CCC(c3ccccc3)CC1)C2=O.CCc1ccccc1.[HH]. The van der Waals surface area contributed by atoms with Crippen molar-refractivity contribution in [2.75, 3.05) is 19.6 Å². The van der Waals surface area contributed by atoms with E-state index >= 15 is 0 Å². The van der Waals surface area contributed by atoms with Gasteiger partial charge in [-0.05, 0) is 93.8 Å². The molecule has 1 fully saturated rings. The average molecular weight is 484 g/mol. The minimum absolute atomic E-state index is 0. The summed E-state index contributed by atoms with van der Waals surface area (Å²) in [6.07, 6.45) is 6.32. The molecule has 1 aliphatic heterocycles.